The molecular weight excluding hydrogens is 649 g/mol. The van der Waals surface area contributed by atoms with Crippen LogP contribution in [0.1, 0.15) is 105 Å². The van der Waals surface area contributed by atoms with Gasteiger partial charge in [-0.2, -0.15) is 0 Å². The third-order valence-corrected chi connectivity index (χ3v) is 18.1. The quantitative estimate of drug-likeness (QED) is 0.171. The predicted molar refractivity (Wildman–Crippen MR) is 220 cm³/mol. The van der Waals surface area contributed by atoms with Crippen LogP contribution < -0.4 is 0 Å². The van der Waals surface area contributed by atoms with Crippen molar-refractivity contribution in [2.45, 2.75) is 104 Å². The highest BCUT2D eigenvalue weighted by Crippen LogP contribution is 2.77. The highest BCUT2D eigenvalue weighted by atomic mass is 14.7. The Balaban J connectivity index is 0.000000121. The van der Waals surface area contributed by atoms with Gasteiger partial charge in [-0.1, -0.05) is 152 Å². The Hall–Kier alpha value is -3.90. The Labute approximate surface area is 323 Å². The maximum atomic E-state index is 2.44. The molecule has 0 heterocycles. The van der Waals surface area contributed by atoms with E-state index in [1.54, 1.807) is 27.8 Å². The molecule has 54 heavy (non-hydrogen) atoms. The lowest BCUT2D eigenvalue weighted by Crippen LogP contribution is -2.69. The minimum Gasteiger partial charge on any atom is -0.0622 e. The summed E-state index contributed by atoms with van der Waals surface area (Å²) in [5.41, 5.74) is 10.1. The van der Waals surface area contributed by atoms with Crippen molar-refractivity contribution in [3.05, 3.63) is 179 Å². The van der Waals surface area contributed by atoms with Crippen molar-refractivity contribution < 1.29 is 0 Å². The highest BCUT2D eigenvalue weighted by molar-refractivity contribution is 5.44. The van der Waals surface area contributed by atoms with Crippen LogP contribution in [0, 0.1) is 41.4 Å². The van der Waals surface area contributed by atoms with E-state index < -0.39 is 0 Å². The van der Waals surface area contributed by atoms with Gasteiger partial charge in [-0.25, -0.2) is 0 Å². The largest absolute Gasteiger partial charge is 0.0622 e. The Morgan fingerprint density at radius 3 is 0.667 bits per heavy atom. The molecule has 0 nitrogen and oxygen atoms in total. The van der Waals surface area contributed by atoms with Crippen LogP contribution in [0.4, 0.5) is 0 Å². The van der Waals surface area contributed by atoms with Gasteiger partial charge >= 0.3 is 0 Å². The summed E-state index contributed by atoms with van der Waals surface area (Å²) in [5.74, 6) is 7.00. The molecule has 11 saturated carbocycles. The monoisotopic (exact) mass is 704 g/mol. The van der Waals surface area contributed by atoms with E-state index in [2.05, 4.69) is 152 Å². The Morgan fingerprint density at radius 1 is 0.241 bits per heavy atom. The van der Waals surface area contributed by atoms with Crippen LogP contribution in [-0.4, -0.2) is 0 Å². The van der Waals surface area contributed by atoms with E-state index in [0.29, 0.717) is 27.1 Å². The molecule has 5 aromatic rings. The fraction of sp³-hybridized carbons (Fsp3) is 0.444. The van der Waals surface area contributed by atoms with Crippen LogP contribution in [0.3, 0.4) is 0 Å². The third-order valence-electron chi connectivity index (χ3n) is 18.1. The first-order valence-electron chi connectivity index (χ1n) is 21.8. The lowest BCUT2D eigenvalue weighted by molar-refractivity contribution is -0.221. The summed E-state index contributed by atoms with van der Waals surface area (Å²) in [6.07, 6.45) is 17.1. The van der Waals surface area contributed by atoms with Gasteiger partial charge in [0, 0.05) is 0 Å². The van der Waals surface area contributed by atoms with Crippen molar-refractivity contribution in [2.75, 3.05) is 0 Å². The molecule has 0 saturated heterocycles. The summed E-state index contributed by atoms with van der Waals surface area (Å²) >= 11 is 0. The van der Waals surface area contributed by atoms with Crippen molar-refractivity contribution in [1.29, 1.82) is 0 Å². The molecule has 0 heteroatoms. The minimum atomic E-state index is 0.326. The molecule has 0 N–H and O–H groups in total. The molecule has 0 unspecified atom stereocenters. The average Bonchev–Trinajstić information content (AvgIpc) is 3.24. The van der Waals surface area contributed by atoms with E-state index in [-0.39, 0.29) is 0 Å². The summed E-state index contributed by atoms with van der Waals surface area (Å²) < 4.78 is 0. The van der Waals surface area contributed by atoms with E-state index in [1.807, 2.05) is 0 Å². The van der Waals surface area contributed by atoms with E-state index in [1.165, 1.54) is 77.0 Å². The normalized spacial score (nSPS) is 42.5. The van der Waals surface area contributed by atoms with Gasteiger partial charge in [0.15, 0.2) is 0 Å². The van der Waals surface area contributed by atoms with Crippen LogP contribution in [0.5, 0.6) is 0 Å². The van der Waals surface area contributed by atoms with E-state index in [0.717, 1.165) is 41.4 Å². The smallest absolute Gasteiger partial charge is 0.00274 e. The van der Waals surface area contributed by atoms with Crippen molar-refractivity contribution >= 4 is 0 Å². The maximum Gasteiger partial charge on any atom is -0.00274 e. The van der Waals surface area contributed by atoms with Gasteiger partial charge in [-0.15, -0.1) is 0 Å². The Bertz CT molecular complexity index is 1860. The standard InChI is InChI=1S/C28H28.C26H28/c1-4-10-23(11-5-1)26-16-22-17-27(19-26,24-12-6-2-7-13-24)21-28(18-22,20-26)25-14-8-3-9-15-25;1-3-7-17(8-4-1)25-11-19-22-14-26(18-9-5-2-6-10-18)15-23(19)21(13-25)24(16-26)20(22)12-25/h1-15,22H,16-21H2;1-10,19-24H,11-16H2. The lowest BCUT2D eigenvalue weighted by atomic mass is 9.29. The van der Waals surface area contributed by atoms with Crippen molar-refractivity contribution in [2.24, 2.45) is 41.4 Å². The van der Waals surface area contributed by atoms with Crippen molar-refractivity contribution in [1.82, 2.24) is 0 Å². The average molecular weight is 705 g/mol. The highest BCUT2D eigenvalue weighted by Gasteiger charge is 2.71. The fourth-order valence-corrected chi connectivity index (χ4v) is 17.0. The molecule has 16 rings (SSSR count). The number of hydrogen-bond donors (Lipinski definition) is 0. The molecule has 11 fully saturated rings. The second-order valence-electron chi connectivity index (χ2n) is 20.4. The van der Waals surface area contributed by atoms with Gasteiger partial charge < -0.3 is 0 Å². The first-order chi connectivity index (χ1) is 26.5. The zero-order valence-electron chi connectivity index (χ0n) is 32.0. The number of rotatable bonds is 5. The Morgan fingerprint density at radius 2 is 0.444 bits per heavy atom. The van der Waals surface area contributed by atoms with Gasteiger partial charge in [0.05, 0.1) is 0 Å². The second-order valence-corrected chi connectivity index (χ2v) is 20.4. The molecule has 11 aliphatic rings. The topological polar surface area (TPSA) is 0 Å². The van der Waals surface area contributed by atoms with Gasteiger partial charge in [-0.05, 0) is 173 Å². The summed E-state index contributed by atoms with van der Waals surface area (Å²) in [6, 6.07) is 57.7. The number of benzene rings is 5. The van der Waals surface area contributed by atoms with Gasteiger partial charge in [0.1, 0.15) is 0 Å². The first kappa shape index (κ1) is 32.4. The van der Waals surface area contributed by atoms with E-state index in [9.17, 15) is 0 Å². The van der Waals surface area contributed by atoms with Crippen LogP contribution in [0.25, 0.3) is 0 Å². The van der Waals surface area contributed by atoms with Crippen molar-refractivity contribution in [3.63, 3.8) is 0 Å². The van der Waals surface area contributed by atoms with Crippen LogP contribution in [0.15, 0.2) is 152 Å². The molecular formula is C54H56. The molecule has 0 aliphatic heterocycles. The molecule has 0 amide bonds. The summed E-state index contributed by atoms with van der Waals surface area (Å²) in [4.78, 5) is 0. The van der Waals surface area contributed by atoms with Crippen LogP contribution in [-0.2, 0) is 27.1 Å². The maximum absolute atomic E-state index is 2.44. The SMILES string of the molecule is c1ccc(C23CC4C5CC6(c7ccccc7)CC4C(C2)C(C6)C5C3)cc1.c1ccc(C23CC4CC(c5ccccc5)(C2)CC(c2ccccc2)(C4)C3)cc1. The van der Waals surface area contributed by atoms with Crippen molar-refractivity contribution in [3.8, 4) is 0 Å². The molecule has 0 spiro atoms. The van der Waals surface area contributed by atoms with E-state index >= 15 is 0 Å². The van der Waals surface area contributed by atoms with Crippen LogP contribution >= 0.6 is 0 Å². The molecule has 272 valence electrons. The molecule has 0 radical (unpaired) electrons. The van der Waals surface area contributed by atoms with Gasteiger partial charge in [0.2, 0.25) is 0 Å². The molecule has 0 atom stereocenters. The van der Waals surface area contributed by atoms with E-state index in [4.69, 9.17) is 0 Å². The molecule has 11 aliphatic carbocycles. The molecule has 12 bridgehead atoms. The number of hydrogen-bond acceptors (Lipinski definition) is 0. The summed E-state index contributed by atoms with van der Waals surface area (Å²) in [7, 11) is 0. The molecule has 0 aromatic heterocycles. The first-order valence-corrected chi connectivity index (χ1v) is 21.8. The summed E-state index contributed by atoms with van der Waals surface area (Å²) in [6.45, 7) is 0. The third kappa shape index (κ3) is 4.55. The predicted octanol–water partition coefficient (Wildman–Crippen LogP) is 12.8. The zero-order chi connectivity index (χ0) is 35.6. The van der Waals surface area contributed by atoms with Gasteiger partial charge in [-0.3, -0.25) is 0 Å². The van der Waals surface area contributed by atoms with Gasteiger partial charge in [0.25, 0.3) is 0 Å². The zero-order valence-corrected chi connectivity index (χ0v) is 32.0. The molecule has 5 aromatic carbocycles. The Kier molecular flexibility index (Phi) is 6.93. The summed E-state index contributed by atoms with van der Waals surface area (Å²) in [5, 5.41) is 0. The van der Waals surface area contributed by atoms with Crippen LogP contribution in [0.2, 0.25) is 0 Å². The second kappa shape index (κ2) is 11.6. The fourth-order valence-electron chi connectivity index (χ4n) is 17.0. The lowest BCUT2D eigenvalue weighted by Gasteiger charge is -2.75. The minimum absolute atomic E-state index is 0.326.